The zero-order chi connectivity index (χ0) is 13.7. The summed E-state index contributed by atoms with van der Waals surface area (Å²) in [5.74, 6) is 2.20. The minimum Gasteiger partial charge on any atom is -0.497 e. The summed E-state index contributed by atoms with van der Waals surface area (Å²) < 4.78 is 10.3. The van der Waals surface area contributed by atoms with Crippen LogP contribution in [0, 0.1) is 0 Å². The number of aromatic nitrogens is 2. The van der Waals surface area contributed by atoms with Crippen molar-refractivity contribution in [3.8, 4) is 5.75 Å². The van der Waals surface area contributed by atoms with Gasteiger partial charge in [0.15, 0.2) is 5.82 Å². The SMILES string of the molecule is COc1ccc(CCc2nc(CC(C)N)no2)cc1. The van der Waals surface area contributed by atoms with E-state index in [0.717, 1.165) is 18.6 Å². The van der Waals surface area contributed by atoms with E-state index in [1.165, 1.54) is 5.56 Å². The van der Waals surface area contributed by atoms with Crippen LogP contribution in [0.5, 0.6) is 5.75 Å². The van der Waals surface area contributed by atoms with E-state index in [2.05, 4.69) is 10.1 Å². The fraction of sp³-hybridized carbons (Fsp3) is 0.429. The van der Waals surface area contributed by atoms with E-state index >= 15 is 0 Å². The molecule has 2 rings (SSSR count). The highest BCUT2D eigenvalue weighted by Gasteiger charge is 2.08. The molecule has 1 aromatic heterocycles. The summed E-state index contributed by atoms with van der Waals surface area (Å²) in [6.07, 6.45) is 2.24. The molecule has 0 spiro atoms. The second-order valence-electron chi connectivity index (χ2n) is 4.63. The second kappa shape index (κ2) is 6.33. The minimum absolute atomic E-state index is 0.0482. The van der Waals surface area contributed by atoms with Gasteiger partial charge in [0.2, 0.25) is 5.89 Å². The lowest BCUT2D eigenvalue weighted by Gasteiger charge is -2.01. The molecule has 19 heavy (non-hydrogen) atoms. The molecule has 2 N–H and O–H groups in total. The number of benzene rings is 1. The number of hydrogen-bond donors (Lipinski definition) is 1. The Hall–Kier alpha value is -1.88. The van der Waals surface area contributed by atoms with Crippen molar-refractivity contribution in [2.24, 2.45) is 5.73 Å². The van der Waals surface area contributed by atoms with Crippen LogP contribution in [-0.4, -0.2) is 23.3 Å². The average molecular weight is 261 g/mol. The number of methoxy groups -OCH3 is 1. The summed E-state index contributed by atoms with van der Waals surface area (Å²) in [7, 11) is 1.66. The summed E-state index contributed by atoms with van der Waals surface area (Å²) in [4.78, 5) is 4.32. The quantitative estimate of drug-likeness (QED) is 0.857. The van der Waals surface area contributed by atoms with Crippen molar-refractivity contribution in [2.75, 3.05) is 7.11 Å². The first kappa shape index (κ1) is 13.5. The number of nitrogens with two attached hydrogens (primary N) is 1. The number of hydrogen-bond acceptors (Lipinski definition) is 5. The normalized spacial score (nSPS) is 12.4. The Balaban J connectivity index is 1.89. The minimum atomic E-state index is 0.0482. The van der Waals surface area contributed by atoms with E-state index in [0.29, 0.717) is 18.1 Å². The van der Waals surface area contributed by atoms with Crippen molar-refractivity contribution in [3.63, 3.8) is 0 Å². The van der Waals surface area contributed by atoms with Gasteiger partial charge >= 0.3 is 0 Å². The Morgan fingerprint density at radius 2 is 2.00 bits per heavy atom. The largest absolute Gasteiger partial charge is 0.497 e. The van der Waals surface area contributed by atoms with E-state index in [-0.39, 0.29) is 6.04 Å². The van der Waals surface area contributed by atoms with Gasteiger partial charge in [0, 0.05) is 18.9 Å². The number of aryl methyl sites for hydroxylation is 2. The molecule has 0 aliphatic heterocycles. The Labute approximate surface area is 112 Å². The molecule has 1 aromatic carbocycles. The van der Waals surface area contributed by atoms with Gasteiger partial charge in [-0.1, -0.05) is 17.3 Å². The Morgan fingerprint density at radius 1 is 1.26 bits per heavy atom. The zero-order valence-corrected chi connectivity index (χ0v) is 11.3. The fourth-order valence-corrected chi connectivity index (χ4v) is 1.81. The maximum absolute atomic E-state index is 5.69. The standard InChI is InChI=1S/C14H19N3O2/c1-10(15)9-13-16-14(19-17-13)8-5-11-3-6-12(18-2)7-4-11/h3-4,6-7,10H,5,8-9,15H2,1-2H3. The van der Waals surface area contributed by atoms with Crippen LogP contribution < -0.4 is 10.5 Å². The average Bonchev–Trinajstić information content (AvgIpc) is 2.84. The van der Waals surface area contributed by atoms with Gasteiger partial charge in [-0.05, 0) is 31.0 Å². The van der Waals surface area contributed by atoms with Gasteiger partial charge < -0.3 is 15.0 Å². The molecule has 0 aliphatic rings. The summed E-state index contributed by atoms with van der Waals surface area (Å²) in [5, 5.41) is 3.91. The molecule has 1 atom stereocenters. The van der Waals surface area contributed by atoms with E-state index in [1.54, 1.807) is 7.11 Å². The van der Waals surface area contributed by atoms with Crippen LogP contribution >= 0.6 is 0 Å². The first-order chi connectivity index (χ1) is 9.17. The molecule has 0 bridgehead atoms. The molecule has 0 saturated carbocycles. The fourth-order valence-electron chi connectivity index (χ4n) is 1.81. The topological polar surface area (TPSA) is 74.2 Å². The molecular formula is C14H19N3O2. The first-order valence-corrected chi connectivity index (χ1v) is 6.37. The smallest absolute Gasteiger partial charge is 0.226 e. The van der Waals surface area contributed by atoms with E-state index < -0.39 is 0 Å². The van der Waals surface area contributed by atoms with Crippen LogP contribution in [0.15, 0.2) is 28.8 Å². The maximum Gasteiger partial charge on any atom is 0.226 e. The lowest BCUT2D eigenvalue weighted by molar-refractivity contribution is 0.372. The predicted octanol–water partition coefficient (Wildman–Crippen LogP) is 1.75. The van der Waals surface area contributed by atoms with Crippen LogP contribution in [0.1, 0.15) is 24.2 Å². The van der Waals surface area contributed by atoms with Gasteiger partial charge in [0.25, 0.3) is 0 Å². The Morgan fingerprint density at radius 3 is 2.63 bits per heavy atom. The van der Waals surface area contributed by atoms with E-state index in [1.807, 2.05) is 31.2 Å². The van der Waals surface area contributed by atoms with Crippen LogP contribution in [-0.2, 0) is 19.3 Å². The van der Waals surface area contributed by atoms with E-state index in [9.17, 15) is 0 Å². The van der Waals surface area contributed by atoms with Crippen LogP contribution in [0.3, 0.4) is 0 Å². The number of nitrogens with zero attached hydrogens (tertiary/aromatic N) is 2. The van der Waals surface area contributed by atoms with Crippen LogP contribution in [0.4, 0.5) is 0 Å². The van der Waals surface area contributed by atoms with Crippen molar-refractivity contribution < 1.29 is 9.26 Å². The van der Waals surface area contributed by atoms with Gasteiger partial charge in [0.05, 0.1) is 7.11 Å². The third-order valence-corrected chi connectivity index (χ3v) is 2.80. The maximum atomic E-state index is 5.69. The summed E-state index contributed by atoms with van der Waals surface area (Å²) in [6.45, 7) is 1.92. The molecule has 0 saturated heterocycles. The predicted molar refractivity (Wildman–Crippen MR) is 72.1 cm³/mol. The van der Waals surface area contributed by atoms with Gasteiger partial charge in [-0.15, -0.1) is 0 Å². The van der Waals surface area contributed by atoms with Gasteiger partial charge in [-0.2, -0.15) is 4.98 Å². The lowest BCUT2D eigenvalue weighted by Crippen LogP contribution is -2.18. The molecule has 102 valence electrons. The van der Waals surface area contributed by atoms with Crippen molar-refractivity contribution in [2.45, 2.75) is 32.2 Å². The molecule has 1 heterocycles. The van der Waals surface area contributed by atoms with Crippen LogP contribution in [0.2, 0.25) is 0 Å². The first-order valence-electron chi connectivity index (χ1n) is 6.37. The third-order valence-electron chi connectivity index (χ3n) is 2.80. The highest BCUT2D eigenvalue weighted by molar-refractivity contribution is 5.27. The van der Waals surface area contributed by atoms with Gasteiger partial charge in [-0.25, -0.2) is 0 Å². The number of ether oxygens (including phenoxy) is 1. The molecule has 0 radical (unpaired) electrons. The second-order valence-corrected chi connectivity index (χ2v) is 4.63. The summed E-state index contributed by atoms with van der Waals surface area (Å²) >= 11 is 0. The van der Waals surface area contributed by atoms with Crippen molar-refractivity contribution in [1.82, 2.24) is 10.1 Å². The lowest BCUT2D eigenvalue weighted by atomic mass is 10.1. The summed E-state index contributed by atoms with van der Waals surface area (Å²) in [5.41, 5.74) is 6.91. The molecule has 0 aliphatic carbocycles. The van der Waals surface area contributed by atoms with Crippen molar-refractivity contribution in [3.05, 3.63) is 41.5 Å². The molecular weight excluding hydrogens is 242 g/mol. The molecule has 2 aromatic rings. The van der Waals surface area contributed by atoms with Crippen molar-refractivity contribution >= 4 is 0 Å². The highest BCUT2D eigenvalue weighted by atomic mass is 16.5. The van der Waals surface area contributed by atoms with Gasteiger partial charge in [-0.3, -0.25) is 0 Å². The monoisotopic (exact) mass is 261 g/mol. The molecule has 1 unspecified atom stereocenters. The number of rotatable bonds is 6. The molecule has 0 amide bonds. The Kier molecular flexibility index (Phi) is 4.52. The Bertz CT molecular complexity index is 506. The third kappa shape index (κ3) is 4.06. The van der Waals surface area contributed by atoms with Crippen molar-refractivity contribution in [1.29, 1.82) is 0 Å². The molecule has 0 fully saturated rings. The summed E-state index contributed by atoms with van der Waals surface area (Å²) in [6, 6.07) is 8.03. The van der Waals surface area contributed by atoms with E-state index in [4.69, 9.17) is 15.0 Å². The zero-order valence-electron chi connectivity index (χ0n) is 11.3. The van der Waals surface area contributed by atoms with Gasteiger partial charge in [0.1, 0.15) is 5.75 Å². The van der Waals surface area contributed by atoms with Crippen LogP contribution in [0.25, 0.3) is 0 Å². The molecule has 5 nitrogen and oxygen atoms in total. The molecule has 5 heteroatoms. The highest BCUT2D eigenvalue weighted by Crippen LogP contribution is 2.13.